The van der Waals surface area contributed by atoms with Crippen molar-refractivity contribution >= 4 is 38.8 Å². The Labute approximate surface area is 146 Å². The highest BCUT2D eigenvalue weighted by Crippen LogP contribution is 2.23. The standard InChI is InChI=1S/C17H14N4OS2/c22-16(17-20-12-5-1-2-6-14(12)24-17)18-11-13(15-7-3-10-23-15)21-9-4-8-19-21/h1-10,13H,11H2,(H,18,22)/t13-/m1/s1. The summed E-state index contributed by atoms with van der Waals surface area (Å²) in [5, 5.41) is 9.82. The van der Waals surface area contributed by atoms with Crippen LogP contribution in [0.4, 0.5) is 0 Å². The third kappa shape index (κ3) is 2.95. The van der Waals surface area contributed by atoms with Crippen LogP contribution >= 0.6 is 22.7 Å². The summed E-state index contributed by atoms with van der Waals surface area (Å²) >= 11 is 3.06. The number of hydrogen-bond donors (Lipinski definition) is 1. The van der Waals surface area contributed by atoms with Crippen LogP contribution in [0.2, 0.25) is 0 Å². The van der Waals surface area contributed by atoms with E-state index in [0.29, 0.717) is 11.6 Å². The van der Waals surface area contributed by atoms with Crippen molar-refractivity contribution in [2.45, 2.75) is 6.04 Å². The number of nitrogens with zero attached hydrogens (tertiary/aromatic N) is 3. The molecule has 3 heterocycles. The van der Waals surface area contributed by atoms with Crippen LogP contribution in [0.25, 0.3) is 10.2 Å². The molecular weight excluding hydrogens is 340 g/mol. The Kier molecular flexibility index (Phi) is 4.10. The number of thiazole rings is 1. The van der Waals surface area contributed by atoms with Gasteiger partial charge in [-0.25, -0.2) is 4.98 Å². The summed E-state index contributed by atoms with van der Waals surface area (Å²) in [4.78, 5) is 18.0. The van der Waals surface area contributed by atoms with E-state index < -0.39 is 0 Å². The fourth-order valence-electron chi connectivity index (χ4n) is 2.50. The van der Waals surface area contributed by atoms with E-state index in [2.05, 4.69) is 21.5 Å². The number of para-hydroxylation sites is 1. The van der Waals surface area contributed by atoms with E-state index in [4.69, 9.17) is 0 Å². The van der Waals surface area contributed by atoms with Crippen molar-refractivity contribution in [3.8, 4) is 0 Å². The first-order chi connectivity index (χ1) is 11.8. The van der Waals surface area contributed by atoms with Crippen LogP contribution in [-0.4, -0.2) is 27.2 Å². The second kappa shape index (κ2) is 6.54. The minimum absolute atomic E-state index is 0.0154. The predicted octanol–water partition coefficient (Wildman–Crippen LogP) is 3.57. The third-order valence-electron chi connectivity index (χ3n) is 3.66. The minimum atomic E-state index is -0.148. The maximum Gasteiger partial charge on any atom is 0.280 e. The quantitative estimate of drug-likeness (QED) is 0.596. The summed E-state index contributed by atoms with van der Waals surface area (Å²) < 4.78 is 2.88. The molecule has 7 heteroatoms. The Hall–Kier alpha value is -2.51. The van der Waals surface area contributed by atoms with Gasteiger partial charge in [0.2, 0.25) is 0 Å². The van der Waals surface area contributed by atoms with Gasteiger partial charge in [0.05, 0.1) is 10.2 Å². The molecule has 4 aromatic rings. The van der Waals surface area contributed by atoms with E-state index in [1.165, 1.54) is 11.3 Å². The summed E-state index contributed by atoms with van der Waals surface area (Å²) in [6, 6.07) is 13.7. The number of hydrogen-bond acceptors (Lipinski definition) is 5. The van der Waals surface area contributed by atoms with Gasteiger partial charge in [0.1, 0.15) is 6.04 Å². The van der Waals surface area contributed by atoms with E-state index >= 15 is 0 Å². The van der Waals surface area contributed by atoms with Gasteiger partial charge in [0.15, 0.2) is 5.01 Å². The molecule has 5 nitrogen and oxygen atoms in total. The van der Waals surface area contributed by atoms with Crippen LogP contribution < -0.4 is 5.32 Å². The number of nitrogens with one attached hydrogen (secondary N) is 1. The smallest absolute Gasteiger partial charge is 0.280 e. The first kappa shape index (κ1) is 15.0. The highest BCUT2D eigenvalue weighted by atomic mass is 32.1. The summed E-state index contributed by atoms with van der Waals surface area (Å²) in [5.41, 5.74) is 0.856. The Bertz CT molecular complexity index is 877. The number of thiophene rings is 1. The van der Waals surface area contributed by atoms with Gasteiger partial charge in [-0.15, -0.1) is 22.7 Å². The molecule has 1 aromatic carbocycles. The van der Waals surface area contributed by atoms with Gasteiger partial charge in [-0.3, -0.25) is 9.48 Å². The second-order valence-corrected chi connectivity index (χ2v) is 7.22. The lowest BCUT2D eigenvalue weighted by molar-refractivity contribution is 0.0949. The Balaban J connectivity index is 1.52. The Morgan fingerprint density at radius 3 is 2.88 bits per heavy atom. The summed E-state index contributed by atoms with van der Waals surface area (Å²) in [5.74, 6) is -0.148. The maximum absolute atomic E-state index is 12.5. The fourth-order valence-corrected chi connectivity index (χ4v) is 4.21. The van der Waals surface area contributed by atoms with E-state index in [1.54, 1.807) is 17.5 Å². The van der Waals surface area contributed by atoms with Gasteiger partial charge < -0.3 is 5.32 Å². The number of amides is 1. The highest BCUT2D eigenvalue weighted by Gasteiger charge is 2.18. The van der Waals surface area contributed by atoms with Crippen molar-refractivity contribution in [1.82, 2.24) is 20.1 Å². The zero-order valence-electron chi connectivity index (χ0n) is 12.6. The van der Waals surface area contributed by atoms with Crippen LogP contribution in [0.5, 0.6) is 0 Å². The molecule has 1 N–H and O–H groups in total. The van der Waals surface area contributed by atoms with Crippen LogP contribution in [0.15, 0.2) is 60.2 Å². The fraction of sp³-hybridized carbons (Fsp3) is 0.118. The van der Waals surface area contributed by atoms with Gasteiger partial charge in [-0.1, -0.05) is 18.2 Å². The number of fused-ring (bicyclic) bond motifs is 1. The van der Waals surface area contributed by atoms with Crippen molar-refractivity contribution < 1.29 is 4.79 Å². The molecule has 1 atom stereocenters. The summed E-state index contributed by atoms with van der Waals surface area (Å²) in [6.45, 7) is 0.469. The molecule has 4 rings (SSSR count). The van der Waals surface area contributed by atoms with Crippen LogP contribution in [0, 0.1) is 0 Å². The van der Waals surface area contributed by atoms with Gasteiger partial charge in [-0.05, 0) is 29.6 Å². The normalized spacial score (nSPS) is 12.3. The first-order valence-electron chi connectivity index (χ1n) is 7.47. The maximum atomic E-state index is 12.5. The number of benzene rings is 1. The lowest BCUT2D eigenvalue weighted by Crippen LogP contribution is -2.31. The van der Waals surface area contributed by atoms with E-state index in [1.807, 2.05) is 52.7 Å². The van der Waals surface area contributed by atoms with Crippen LogP contribution in [0.3, 0.4) is 0 Å². The molecule has 0 spiro atoms. The molecule has 24 heavy (non-hydrogen) atoms. The van der Waals surface area contributed by atoms with Crippen molar-refractivity contribution in [3.05, 3.63) is 70.1 Å². The lowest BCUT2D eigenvalue weighted by atomic mass is 10.2. The van der Waals surface area contributed by atoms with Gasteiger partial charge in [-0.2, -0.15) is 5.10 Å². The second-order valence-electron chi connectivity index (χ2n) is 5.21. The number of aromatic nitrogens is 3. The molecule has 0 unspecified atom stereocenters. The molecule has 0 fully saturated rings. The molecule has 0 saturated carbocycles. The van der Waals surface area contributed by atoms with Crippen molar-refractivity contribution in [2.75, 3.05) is 6.54 Å². The Morgan fingerprint density at radius 2 is 2.12 bits per heavy atom. The minimum Gasteiger partial charge on any atom is -0.347 e. The number of carbonyl (C=O) groups is 1. The van der Waals surface area contributed by atoms with Gasteiger partial charge in [0.25, 0.3) is 5.91 Å². The molecule has 0 aliphatic heterocycles. The van der Waals surface area contributed by atoms with E-state index in [-0.39, 0.29) is 11.9 Å². The zero-order valence-corrected chi connectivity index (χ0v) is 14.3. The monoisotopic (exact) mass is 354 g/mol. The molecule has 0 aliphatic carbocycles. The van der Waals surface area contributed by atoms with Gasteiger partial charge in [0, 0.05) is 23.8 Å². The van der Waals surface area contributed by atoms with Gasteiger partial charge >= 0.3 is 0 Å². The summed E-state index contributed by atoms with van der Waals surface area (Å²) in [7, 11) is 0. The number of carbonyl (C=O) groups excluding carboxylic acids is 1. The average Bonchev–Trinajstić information content (AvgIpc) is 3.35. The van der Waals surface area contributed by atoms with Crippen molar-refractivity contribution in [3.63, 3.8) is 0 Å². The lowest BCUT2D eigenvalue weighted by Gasteiger charge is -2.16. The molecular formula is C17H14N4OS2. The molecule has 0 saturated heterocycles. The summed E-state index contributed by atoms with van der Waals surface area (Å²) in [6.07, 6.45) is 3.66. The Morgan fingerprint density at radius 1 is 1.21 bits per heavy atom. The molecule has 120 valence electrons. The van der Waals surface area contributed by atoms with E-state index in [0.717, 1.165) is 15.1 Å². The first-order valence-corrected chi connectivity index (χ1v) is 9.17. The molecule has 0 bridgehead atoms. The molecule has 0 radical (unpaired) electrons. The van der Waals surface area contributed by atoms with Crippen molar-refractivity contribution in [1.29, 1.82) is 0 Å². The van der Waals surface area contributed by atoms with Crippen LogP contribution in [0.1, 0.15) is 20.7 Å². The van der Waals surface area contributed by atoms with Crippen molar-refractivity contribution in [2.24, 2.45) is 0 Å². The molecule has 3 aromatic heterocycles. The molecule has 1 amide bonds. The SMILES string of the molecule is O=C(NC[C@H](c1cccs1)n1cccn1)c1nc2ccccc2s1. The van der Waals surface area contributed by atoms with Crippen LogP contribution in [-0.2, 0) is 0 Å². The topological polar surface area (TPSA) is 59.8 Å². The average molecular weight is 354 g/mol. The third-order valence-corrected chi connectivity index (χ3v) is 5.67. The van der Waals surface area contributed by atoms with E-state index in [9.17, 15) is 4.79 Å². The highest BCUT2D eigenvalue weighted by molar-refractivity contribution is 7.20. The molecule has 0 aliphatic rings. The number of rotatable bonds is 5. The predicted molar refractivity (Wildman–Crippen MR) is 96.6 cm³/mol. The zero-order chi connectivity index (χ0) is 16.4. The largest absolute Gasteiger partial charge is 0.347 e.